The van der Waals surface area contributed by atoms with Gasteiger partial charge >= 0.3 is 12.4 Å². The van der Waals surface area contributed by atoms with Crippen LogP contribution in [0.15, 0.2) is 0 Å². The van der Waals surface area contributed by atoms with Crippen LogP contribution in [0.1, 0.15) is 0 Å². The predicted octanol–water partition coefficient (Wildman–Crippen LogP) is 3.56. The predicted molar refractivity (Wildman–Crippen MR) is 65.2 cm³/mol. The number of nitrogens with one attached hydrogen (secondary N) is 1. The Morgan fingerprint density at radius 1 is 0.955 bits per heavy atom. The molecule has 1 aromatic heterocycles. The minimum absolute atomic E-state index is 0.472. The number of aromatic nitrogens is 1. The normalized spacial score (nSPS) is 12.2. The lowest BCUT2D eigenvalue weighted by atomic mass is 10.4. The van der Waals surface area contributed by atoms with Crippen LogP contribution in [0.5, 0.6) is 11.6 Å². The third-order valence-corrected chi connectivity index (χ3v) is 2.58. The van der Waals surface area contributed by atoms with Crippen LogP contribution in [0.4, 0.5) is 32.2 Å². The first kappa shape index (κ1) is 18.7. The number of hydrogen-bond acceptors (Lipinski definition) is 5. The molecule has 0 aliphatic rings. The van der Waals surface area contributed by atoms with Crippen LogP contribution >= 0.6 is 23.2 Å². The van der Waals surface area contributed by atoms with Gasteiger partial charge in [0.05, 0.1) is 0 Å². The Kier molecular flexibility index (Phi) is 5.82. The van der Waals surface area contributed by atoms with Crippen molar-refractivity contribution in [3.8, 4) is 11.6 Å². The molecular formula is C9H7Cl2F6N3O2. The van der Waals surface area contributed by atoms with Crippen molar-refractivity contribution >= 4 is 29.0 Å². The van der Waals surface area contributed by atoms with Crippen LogP contribution < -0.4 is 20.7 Å². The molecule has 0 aliphatic carbocycles. The highest BCUT2D eigenvalue weighted by molar-refractivity contribution is 6.39. The van der Waals surface area contributed by atoms with Crippen molar-refractivity contribution in [1.82, 2.24) is 4.98 Å². The number of nitrogens with two attached hydrogens (primary N) is 1. The Balaban J connectivity index is 3.13. The molecule has 126 valence electrons. The van der Waals surface area contributed by atoms with Crippen molar-refractivity contribution in [1.29, 1.82) is 0 Å². The molecule has 0 saturated carbocycles. The van der Waals surface area contributed by atoms with E-state index in [2.05, 4.69) is 14.5 Å². The summed E-state index contributed by atoms with van der Waals surface area (Å²) < 4.78 is 81.4. The molecule has 3 N–H and O–H groups in total. The molecule has 0 aliphatic heterocycles. The minimum Gasteiger partial charge on any atom is -0.481 e. The Labute approximate surface area is 129 Å². The summed E-state index contributed by atoms with van der Waals surface area (Å²) in [4.78, 5) is 3.41. The maximum Gasteiger partial charge on any atom is 0.422 e. The maximum absolute atomic E-state index is 12.1. The summed E-state index contributed by atoms with van der Waals surface area (Å²) >= 11 is 11.2. The lowest BCUT2D eigenvalue weighted by Gasteiger charge is -2.17. The average molecular weight is 374 g/mol. The molecule has 0 spiro atoms. The summed E-state index contributed by atoms with van der Waals surface area (Å²) in [7, 11) is 0. The van der Waals surface area contributed by atoms with Gasteiger partial charge in [0.25, 0.3) is 0 Å². The molecule has 5 nitrogen and oxygen atoms in total. The zero-order chi connectivity index (χ0) is 17.1. The van der Waals surface area contributed by atoms with Gasteiger partial charge in [-0.25, -0.2) is 5.84 Å². The van der Waals surface area contributed by atoms with E-state index in [1.165, 1.54) is 0 Å². The van der Waals surface area contributed by atoms with Crippen LogP contribution in [0.2, 0.25) is 10.0 Å². The molecule has 0 unspecified atom stereocenters. The summed E-state index contributed by atoms with van der Waals surface area (Å²) in [5.41, 5.74) is 1.87. The number of ether oxygens (including phenoxy) is 2. The topological polar surface area (TPSA) is 69.4 Å². The van der Waals surface area contributed by atoms with Gasteiger partial charge in [-0.05, 0) is 0 Å². The first-order valence-corrected chi connectivity index (χ1v) is 5.95. The summed E-state index contributed by atoms with van der Waals surface area (Å²) in [6, 6.07) is 0. The number of pyridine rings is 1. The van der Waals surface area contributed by atoms with Crippen LogP contribution in [0.3, 0.4) is 0 Å². The van der Waals surface area contributed by atoms with Gasteiger partial charge in [-0.1, -0.05) is 23.2 Å². The van der Waals surface area contributed by atoms with Crippen LogP contribution in [-0.4, -0.2) is 30.6 Å². The molecule has 0 saturated heterocycles. The van der Waals surface area contributed by atoms with Crippen LogP contribution in [0, 0.1) is 0 Å². The van der Waals surface area contributed by atoms with E-state index >= 15 is 0 Å². The van der Waals surface area contributed by atoms with Crippen LogP contribution in [-0.2, 0) is 0 Å². The number of nitrogen functional groups attached to an aromatic ring is 1. The lowest BCUT2D eigenvalue weighted by Crippen LogP contribution is -2.22. The lowest BCUT2D eigenvalue weighted by molar-refractivity contribution is -0.154. The molecule has 1 rings (SSSR count). The van der Waals surface area contributed by atoms with Crippen molar-refractivity contribution in [2.45, 2.75) is 12.4 Å². The number of hydrogen-bond donors (Lipinski definition) is 2. The van der Waals surface area contributed by atoms with Crippen molar-refractivity contribution in [2.75, 3.05) is 18.6 Å². The van der Waals surface area contributed by atoms with E-state index in [1.54, 1.807) is 0 Å². The number of anilines is 1. The highest BCUT2D eigenvalue weighted by Crippen LogP contribution is 2.43. The Morgan fingerprint density at radius 3 is 1.91 bits per heavy atom. The quantitative estimate of drug-likeness (QED) is 0.469. The van der Waals surface area contributed by atoms with E-state index in [0.717, 1.165) is 0 Å². The Hall–Kier alpha value is -1.33. The summed E-state index contributed by atoms with van der Waals surface area (Å²) in [6.07, 6.45) is -9.44. The van der Waals surface area contributed by atoms with E-state index in [-0.39, 0.29) is 0 Å². The van der Waals surface area contributed by atoms with Gasteiger partial charge in [-0.15, -0.1) is 0 Å². The molecule has 1 aromatic rings. The monoisotopic (exact) mass is 373 g/mol. The highest BCUT2D eigenvalue weighted by Gasteiger charge is 2.32. The van der Waals surface area contributed by atoms with E-state index in [0.29, 0.717) is 0 Å². The second-order valence-corrected chi connectivity index (χ2v) is 4.43. The van der Waals surface area contributed by atoms with Crippen LogP contribution in [0.25, 0.3) is 0 Å². The number of halogens is 8. The second kappa shape index (κ2) is 6.84. The van der Waals surface area contributed by atoms with Crippen molar-refractivity contribution in [3.63, 3.8) is 0 Å². The SMILES string of the molecule is NNc1nc(OCC(F)(F)F)c(Cl)c(OCC(F)(F)F)c1Cl. The average Bonchev–Trinajstić information content (AvgIpc) is 2.35. The smallest absolute Gasteiger partial charge is 0.422 e. The molecule has 0 atom stereocenters. The number of hydrazine groups is 1. The molecule has 0 bridgehead atoms. The van der Waals surface area contributed by atoms with Gasteiger partial charge in [0.15, 0.2) is 24.8 Å². The minimum atomic E-state index is -4.72. The van der Waals surface area contributed by atoms with Gasteiger partial charge in [0, 0.05) is 0 Å². The molecule has 0 radical (unpaired) electrons. The van der Waals surface area contributed by atoms with E-state index < -0.39 is 53.1 Å². The van der Waals surface area contributed by atoms with Gasteiger partial charge in [0.1, 0.15) is 10.0 Å². The van der Waals surface area contributed by atoms with E-state index in [1.807, 2.05) is 5.43 Å². The van der Waals surface area contributed by atoms with Gasteiger partial charge in [-0.3, -0.25) is 0 Å². The molecule has 0 fully saturated rings. The zero-order valence-corrected chi connectivity index (χ0v) is 11.8. The third kappa shape index (κ3) is 5.46. The summed E-state index contributed by atoms with van der Waals surface area (Å²) in [5, 5.41) is -1.30. The molecule has 1 heterocycles. The summed E-state index contributed by atoms with van der Waals surface area (Å²) in [5.74, 6) is 2.93. The fourth-order valence-corrected chi connectivity index (χ4v) is 1.66. The number of rotatable bonds is 5. The Bertz CT molecular complexity index is 538. The first-order valence-electron chi connectivity index (χ1n) is 5.19. The fourth-order valence-electron chi connectivity index (χ4n) is 1.12. The zero-order valence-electron chi connectivity index (χ0n) is 10.3. The molecule has 22 heavy (non-hydrogen) atoms. The molecule has 0 amide bonds. The first-order chi connectivity index (χ1) is 9.94. The standard InChI is InChI=1S/C9H7Cl2F6N3O2/c10-3-5(21-1-8(12,13)14)4(11)7(19-6(3)20-18)22-2-9(15,16)17/h1-2,18H2,(H,19,20). The summed E-state index contributed by atoms with van der Waals surface area (Å²) in [6.45, 7) is -3.55. The van der Waals surface area contributed by atoms with Crippen molar-refractivity contribution in [2.24, 2.45) is 5.84 Å². The van der Waals surface area contributed by atoms with E-state index in [4.69, 9.17) is 29.0 Å². The molecular weight excluding hydrogens is 367 g/mol. The van der Waals surface area contributed by atoms with Gasteiger partial charge in [0.2, 0.25) is 5.88 Å². The Morgan fingerprint density at radius 2 is 1.45 bits per heavy atom. The van der Waals surface area contributed by atoms with Crippen molar-refractivity contribution in [3.05, 3.63) is 10.0 Å². The second-order valence-electron chi connectivity index (χ2n) is 3.67. The maximum atomic E-state index is 12.1. The van der Waals surface area contributed by atoms with Gasteiger partial charge < -0.3 is 14.9 Å². The van der Waals surface area contributed by atoms with E-state index in [9.17, 15) is 26.3 Å². The fraction of sp³-hybridized carbons (Fsp3) is 0.444. The number of nitrogens with zero attached hydrogens (tertiary/aromatic N) is 1. The molecule has 0 aromatic carbocycles. The third-order valence-electron chi connectivity index (χ3n) is 1.90. The highest BCUT2D eigenvalue weighted by atomic mass is 35.5. The van der Waals surface area contributed by atoms with Gasteiger partial charge in [-0.2, -0.15) is 31.3 Å². The van der Waals surface area contributed by atoms with Crippen molar-refractivity contribution < 1.29 is 35.8 Å². The largest absolute Gasteiger partial charge is 0.481 e. The number of alkyl halides is 6. The molecule has 13 heteroatoms.